The van der Waals surface area contributed by atoms with Crippen LogP contribution in [-0.4, -0.2) is 41.3 Å². The highest BCUT2D eigenvalue weighted by atomic mass is 32.1. The fourth-order valence-corrected chi connectivity index (χ4v) is 4.85. The minimum atomic E-state index is -0.567. The van der Waals surface area contributed by atoms with E-state index in [1.54, 1.807) is 29.6 Å². The van der Waals surface area contributed by atoms with E-state index in [0.29, 0.717) is 29.9 Å². The molecule has 7 nitrogen and oxygen atoms in total. The molecule has 30 heavy (non-hydrogen) atoms. The van der Waals surface area contributed by atoms with Gasteiger partial charge in [0.05, 0.1) is 40.4 Å². The van der Waals surface area contributed by atoms with Crippen molar-refractivity contribution in [3.8, 4) is 10.6 Å². The average molecular weight is 446 g/mol. The molecule has 3 aromatic rings. The first-order chi connectivity index (χ1) is 14.3. The van der Waals surface area contributed by atoms with Crippen molar-refractivity contribution in [2.24, 2.45) is 0 Å². The number of thiazole rings is 1. The third kappa shape index (κ3) is 4.85. The molecule has 0 aromatic carbocycles. The summed E-state index contributed by atoms with van der Waals surface area (Å²) < 4.78 is 4.81. The molecule has 0 bridgehead atoms. The molecule has 0 saturated heterocycles. The monoisotopic (exact) mass is 445 g/mol. The van der Waals surface area contributed by atoms with Crippen molar-refractivity contribution in [2.45, 2.75) is 33.6 Å². The number of hydrogen-bond donors (Lipinski definition) is 2. The highest BCUT2D eigenvalue weighted by molar-refractivity contribution is 7.16. The number of Topliss-reactive ketones (excluding diaryl/α,β-unsaturated/α-hetero) is 1. The van der Waals surface area contributed by atoms with Crippen LogP contribution < -0.4 is 5.32 Å². The number of hydrogen-bond acceptors (Lipinski definition) is 7. The Kier molecular flexibility index (Phi) is 6.84. The molecule has 0 spiro atoms. The fraction of sp³-hybridized carbons (Fsp3) is 0.333. The number of ether oxygens (including phenoxy) is 1. The number of carbonyl (C=O) groups is 3. The number of nitrogens with zero attached hydrogens (tertiary/aromatic N) is 1. The van der Waals surface area contributed by atoms with Gasteiger partial charge >= 0.3 is 5.97 Å². The van der Waals surface area contributed by atoms with Gasteiger partial charge in [0.15, 0.2) is 5.78 Å². The predicted molar refractivity (Wildman–Crippen MR) is 117 cm³/mol. The lowest BCUT2D eigenvalue weighted by Gasteiger charge is -2.06. The van der Waals surface area contributed by atoms with Gasteiger partial charge in [0.1, 0.15) is 0 Å². The van der Waals surface area contributed by atoms with E-state index in [1.807, 2.05) is 24.4 Å². The molecule has 3 aromatic heterocycles. The molecule has 0 aliphatic heterocycles. The number of esters is 1. The van der Waals surface area contributed by atoms with E-state index in [9.17, 15) is 14.4 Å². The Morgan fingerprint density at radius 3 is 2.63 bits per heavy atom. The average Bonchev–Trinajstić information content (AvgIpc) is 3.40. The summed E-state index contributed by atoms with van der Waals surface area (Å²) >= 11 is 3.28. The van der Waals surface area contributed by atoms with E-state index in [4.69, 9.17) is 4.74 Å². The molecule has 0 radical (unpaired) electrons. The van der Waals surface area contributed by atoms with Crippen LogP contribution in [-0.2, 0) is 22.4 Å². The quantitative estimate of drug-likeness (QED) is 0.407. The Morgan fingerprint density at radius 1 is 1.23 bits per heavy atom. The lowest BCUT2D eigenvalue weighted by Crippen LogP contribution is -2.27. The number of amides is 1. The van der Waals surface area contributed by atoms with Crippen LogP contribution in [0.3, 0.4) is 0 Å². The minimum absolute atomic E-state index is 0.0354. The molecule has 2 N–H and O–H groups in total. The summed E-state index contributed by atoms with van der Waals surface area (Å²) in [4.78, 5) is 46.0. The summed E-state index contributed by atoms with van der Waals surface area (Å²) in [6.45, 7) is 5.53. The Balaban J connectivity index is 1.60. The van der Waals surface area contributed by atoms with Crippen molar-refractivity contribution in [1.82, 2.24) is 15.3 Å². The van der Waals surface area contributed by atoms with E-state index in [-0.39, 0.29) is 23.7 Å². The number of methoxy groups -OCH3 is 1. The minimum Gasteiger partial charge on any atom is -0.465 e. The van der Waals surface area contributed by atoms with Gasteiger partial charge in [0.2, 0.25) is 5.91 Å². The number of thiophene rings is 1. The molecule has 158 valence electrons. The summed E-state index contributed by atoms with van der Waals surface area (Å²) in [6.07, 6.45) is 0.665. The van der Waals surface area contributed by atoms with E-state index in [0.717, 1.165) is 20.5 Å². The second-order valence-corrected chi connectivity index (χ2v) is 9.05. The largest absolute Gasteiger partial charge is 0.465 e. The van der Waals surface area contributed by atoms with Crippen molar-refractivity contribution in [3.63, 3.8) is 0 Å². The zero-order valence-electron chi connectivity index (χ0n) is 17.3. The molecule has 0 aliphatic carbocycles. The Morgan fingerprint density at radius 2 is 2.00 bits per heavy atom. The standard InChI is InChI=1S/C21H23N3O4S2/c1-11-19(21(27)28-4)15(24-20(11)12(2)25)9-18(26)22-8-7-14-5-6-17(30-14)16-10-29-13(3)23-16/h5-6,10,24H,7-9H2,1-4H3,(H,22,26). The molecule has 0 unspecified atom stereocenters. The van der Waals surface area contributed by atoms with Crippen LogP contribution in [0.1, 0.15) is 48.9 Å². The lowest BCUT2D eigenvalue weighted by molar-refractivity contribution is -0.120. The first kappa shape index (κ1) is 21.9. The number of aryl methyl sites for hydroxylation is 1. The molecule has 0 atom stereocenters. The molecule has 1 amide bonds. The van der Waals surface area contributed by atoms with Crippen molar-refractivity contribution in [1.29, 1.82) is 0 Å². The summed E-state index contributed by atoms with van der Waals surface area (Å²) in [5, 5.41) is 5.95. The van der Waals surface area contributed by atoms with E-state index in [1.165, 1.54) is 14.0 Å². The normalized spacial score (nSPS) is 10.8. The smallest absolute Gasteiger partial charge is 0.339 e. The van der Waals surface area contributed by atoms with Crippen molar-refractivity contribution >= 4 is 40.3 Å². The summed E-state index contributed by atoms with van der Waals surface area (Å²) in [6, 6.07) is 4.09. The molecule has 3 rings (SSSR count). The number of aromatic amines is 1. The van der Waals surface area contributed by atoms with Gasteiger partial charge in [0, 0.05) is 29.4 Å². The van der Waals surface area contributed by atoms with Gasteiger partial charge < -0.3 is 15.0 Å². The van der Waals surface area contributed by atoms with Crippen LogP contribution in [0.5, 0.6) is 0 Å². The van der Waals surface area contributed by atoms with Crippen molar-refractivity contribution in [3.05, 3.63) is 49.9 Å². The highest BCUT2D eigenvalue weighted by Gasteiger charge is 2.24. The third-order valence-corrected chi connectivity index (χ3v) is 6.57. The topological polar surface area (TPSA) is 101 Å². The number of nitrogens with one attached hydrogen (secondary N) is 2. The van der Waals surface area contributed by atoms with Gasteiger partial charge in [0.25, 0.3) is 0 Å². The first-order valence-electron chi connectivity index (χ1n) is 9.38. The molecular weight excluding hydrogens is 422 g/mol. The predicted octanol–water partition coefficient (Wildman–Crippen LogP) is 3.71. The van der Waals surface area contributed by atoms with E-state index < -0.39 is 5.97 Å². The molecule has 0 fully saturated rings. The Hall–Kier alpha value is -2.78. The number of carbonyl (C=O) groups excluding carboxylic acids is 3. The molecule has 9 heteroatoms. The van der Waals surface area contributed by atoms with Crippen LogP contribution in [0.15, 0.2) is 17.5 Å². The molecule has 0 saturated carbocycles. The summed E-state index contributed by atoms with van der Waals surface area (Å²) in [5.41, 5.74) is 2.44. The SMILES string of the molecule is COC(=O)c1c(CC(=O)NCCc2ccc(-c3csc(C)n3)s2)[nH]c(C(C)=O)c1C. The number of ketones is 1. The van der Waals surface area contributed by atoms with Crippen LogP contribution in [0.25, 0.3) is 10.6 Å². The number of H-pyrrole nitrogens is 1. The Bertz CT molecular complexity index is 1090. The molecular formula is C21H23N3O4S2. The van der Waals surface area contributed by atoms with Gasteiger partial charge in [-0.2, -0.15) is 0 Å². The molecule has 0 aliphatic rings. The Labute approximate surface area is 182 Å². The van der Waals surface area contributed by atoms with E-state index >= 15 is 0 Å². The second kappa shape index (κ2) is 9.36. The van der Waals surface area contributed by atoms with Crippen LogP contribution in [0, 0.1) is 13.8 Å². The van der Waals surface area contributed by atoms with Crippen LogP contribution >= 0.6 is 22.7 Å². The first-order valence-corrected chi connectivity index (χ1v) is 11.1. The lowest BCUT2D eigenvalue weighted by atomic mass is 10.1. The van der Waals surface area contributed by atoms with Gasteiger partial charge in [-0.3, -0.25) is 9.59 Å². The maximum atomic E-state index is 12.4. The van der Waals surface area contributed by atoms with Crippen molar-refractivity contribution in [2.75, 3.05) is 13.7 Å². The zero-order valence-corrected chi connectivity index (χ0v) is 18.9. The van der Waals surface area contributed by atoms with Gasteiger partial charge in [-0.25, -0.2) is 9.78 Å². The highest BCUT2D eigenvalue weighted by Crippen LogP contribution is 2.29. The fourth-order valence-electron chi connectivity index (χ4n) is 3.20. The van der Waals surface area contributed by atoms with Crippen LogP contribution in [0.2, 0.25) is 0 Å². The van der Waals surface area contributed by atoms with Gasteiger partial charge in [-0.05, 0) is 38.0 Å². The van der Waals surface area contributed by atoms with Gasteiger partial charge in [-0.15, -0.1) is 22.7 Å². The number of aromatic nitrogens is 2. The summed E-state index contributed by atoms with van der Waals surface area (Å²) in [7, 11) is 1.27. The van der Waals surface area contributed by atoms with Crippen molar-refractivity contribution < 1.29 is 19.1 Å². The zero-order chi connectivity index (χ0) is 21.8. The van der Waals surface area contributed by atoms with Crippen LogP contribution in [0.4, 0.5) is 0 Å². The number of rotatable bonds is 8. The maximum absolute atomic E-state index is 12.4. The summed E-state index contributed by atoms with van der Waals surface area (Å²) in [5.74, 6) is -1.00. The van der Waals surface area contributed by atoms with E-state index in [2.05, 4.69) is 15.3 Å². The van der Waals surface area contributed by atoms with Gasteiger partial charge in [-0.1, -0.05) is 0 Å². The second-order valence-electron chi connectivity index (χ2n) is 6.82. The third-order valence-electron chi connectivity index (χ3n) is 4.63. The molecule has 3 heterocycles. The maximum Gasteiger partial charge on any atom is 0.339 e.